The zero-order chi connectivity index (χ0) is 14.8. The quantitative estimate of drug-likeness (QED) is 0.947. The zero-order valence-electron chi connectivity index (χ0n) is 12.3. The van der Waals surface area contributed by atoms with Crippen LogP contribution in [-0.4, -0.2) is 32.3 Å². The second-order valence-corrected chi connectivity index (χ2v) is 6.36. The van der Waals surface area contributed by atoms with E-state index in [0.29, 0.717) is 6.61 Å². The van der Waals surface area contributed by atoms with Crippen molar-refractivity contribution in [3.8, 4) is 5.75 Å². The number of thiophene rings is 1. The van der Waals surface area contributed by atoms with Crippen molar-refractivity contribution >= 4 is 27.3 Å². The number of rotatable bonds is 3. The minimum Gasteiger partial charge on any atom is -0.497 e. The number of hydrogen-bond acceptors (Lipinski definition) is 4. The number of nitrogens with one attached hydrogen (secondary N) is 1. The normalized spacial score (nSPS) is 18.7. The van der Waals surface area contributed by atoms with Crippen molar-refractivity contribution in [2.24, 2.45) is 0 Å². The van der Waals surface area contributed by atoms with Crippen molar-refractivity contribution in [3.63, 3.8) is 0 Å². The average Bonchev–Trinajstić information content (AvgIpc) is 2.85. The molecule has 0 radical (unpaired) electrons. The predicted octanol–water partition coefficient (Wildman–Crippen LogP) is 3.13. The lowest BCUT2D eigenvalue weighted by molar-refractivity contribution is 0.0625. The Morgan fingerprint density at radius 1 is 1.48 bits per heavy atom. The summed E-state index contributed by atoms with van der Waals surface area (Å²) >= 11 is 1.53. The van der Waals surface area contributed by atoms with Crippen LogP contribution in [0.2, 0.25) is 0 Å². The molecule has 0 unspecified atom stereocenters. The van der Waals surface area contributed by atoms with Gasteiger partial charge >= 0.3 is 0 Å². The maximum atomic E-state index is 12.5. The largest absolute Gasteiger partial charge is 0.497 e. The molecule has 1 aromatic heterocycles. The number of benzene rings is 1. The molecule has 1 saturated heterocycles. The number of aryl methyl sites for hydroxylation is 1. The number of methoxy groups -OCH3 is 1. The summed E-state index contributed by atoms with van der Waals surface area (Å²) in [5.74, 6) is 0.819. The number of hydrogen-bond donors (Lipinski definition) is 1. The van der Waals surface area contributed by atoms with E-state index in [1.165, 1.54) is 11.3 Å². The van der Waals surface area contributed by atoms with Crippen molar-refractivity contribution in [2.45, 2.75) is 25.8 Å². The van der Waals surface area contributed by atoms with Gasteiger partial charge in [-0.3, -0.25) is 4.79 Å². The maximum Gasteiger partial charge on any atom is 0.261 e. The summed E-state index contributed by atoms with van der Waals surface area (Å²) in [7, 11) is 1.65. The zero-order valence-corrected chi connectivity index (χ0v) is 13.1. The van der Waals surface area contributed by atoms with Gasteiger partial charge in [0.15, 0.2) is 0 Å². The van der Waals surface area contributed by atoms with Crippen molar-refractivity contribution in [1.82, 2.24) is 5.32 Å². The van der Waals surface area contributed by atoms with Crippen LogP contribution in [0, 0.1) is 6.92 Å². The van der Waals surface area contributed by atoms with E-state index in [2.05, 4.69) is 5.32 Å². The molecule has 1 N–H and O–H groups in total. The number of carbonyl (C=O) groups excluding carboxylic acids is 1. The number of fused-ring (bicyclic) bond motifs is 1. The maximum absolute atomic E-state index is 12.5. The van der Waals surface area contributed by atoms with Crippen LogP contribution < -0.4 is 10.1 Å². The van der Waals surface area contributed by atoms with Crippen molar-refractivity contribution in [2.75, 3.05) is 20.3 Å². The van der Waals surface area contributed by atoms with Gasteiger partial charge in [-0.05, 0) is 48.9 Å². The predicted molar refractivity (Wildman–Crippen MR) is 84.4 cm³/mol. The highest BCUT2D eigenvalue weighted by Crippen LogP contribution is 2.33. The summed E-state index contributed by atoms with van der Waals surface area (Å²) in [6.45, 7) is 3.40. The second-order valence-electron chi connectivity index (χ2n) is 5.31. The SMILES string of the molecule is COc1ccc2sc(C(=O)N[C@@H]3CCCOC3)c(C)c2c1. The van der Waals surface area contributed by atoms with Gasteiger partial charge in [0.2, 0.25) is 0 Å². The molecule has 3 rings (SSSR count). The van der Waals surface area contributed by atoms with E-state index in [4.69, 9.17) is 9.47 Å². The molecule has 1 amide bonds. The summed E-state index contributed by atoms with van der Waals surface area (Å²) < 4.78 is 11.8. The van der Waals surface area contributed by atoms with E-state index in [1.54, 1.807) is 7.11 Å². The Morgan fingerprint density at radius 3 is 3.05 bits per heavy atom. The van der Waals surface area contributed by atoms with E-state index in [1.807, 2.05) is 25.1 Å². The van der Waals surface area contributed by atoms with Crippen LogP contribution in [0.5, 0.6) is 5.75 Å². The van der Waals surface area contributed by atoms with Gasteiger partial charge < -0.3 is 14.8 Å². The summed E-state index contributed by atoms with van der Waals surface area (Å²) in [6.07, 6.45) is 2.00. The summed E-state index contributed by atoms with van der Waals surface area (Å²) in [5.41, 5.74) is 1.02. The smallest absolute Gasteiger partial charge is 0.261 e. The minimum atomic E-state index is 0.00293. The van der Waals surface area contributed by atoms with Gasteiger partial charge in [0, 0.05) is 11.3 Å². The molecule has 1 atom stereocenters. The third-order valence-electron chi connectivity index (χ3n) is 3.85. The molecule has 2 heterocycles. The van der Waals surface area contributed by atoms with Gasteiger partial charge in [0.1, 0.15) is 5.75 Å². The van der Waals surface area contributed by atoms with E-state index in [0.717, 1.165) is 45.7 Å². The number of amides is 1. The van der Waals surface area contributed by atoms with E-state index < -0.39 is 0 Å². The van der Waals surface area contributed by atoms with Crippen molar-refractivity contribution in [3.05, 3.63) is 28.6 Å². The Kier molecular flexibility index (Phi) is 4.12. The highest BCUT2D eigenvalue weighted by Gasteiger charge is 2.20. The fourth-order valence-corrected chi connectivity index (χ4v) is 3.74. The van der Waals surface area contributed by atoms with Gasteiger partial charge in [-0.25, -0.2) is 0 Å². The first kappa shape index (κ1) is 14.4. The summed E-state index contributed by atoms with van der Waals surface area (Å²) in [5, 5.41) is 4.17. The minimum absolute atomic E-state index is 0.00293. The van der Waals surface area contributed by atoms with Crippen molar-refractivity contribution in [1.29, 1.82) is 0 Å². The lowest BCUT2D eigenvalue weighted by Gasteiger charge is -2.22. The monoisotopic (exact) mass is 305 g/mol. The van der Waals surface area contributed by atoms with E-state index in [9.17, 15) is 4.79 Å². The molecule has 0 aliphatic carbocycles. The first-order valence-electron chi connectivity index (χ1n) is 7.15. The first-order valence-corrected chi connectivity index (χ1v) is 7.96. The van der Waals surface area contributed by atoms with E-state index >= 15 is 0 Å². The molecule has 0 spiro atoms. The summed E-state index contributed by atoms with van der Waals surface area (Å²) in [6, 6.07) is 6.05. The standard InChI is InChI=1S/C16H19NO3S/c1-10-13-8-12(19-2)5-6-14(13)21-15(10)16(18)17-11-4-3-7-20-9-11/h5-6,8,11H,3-4,7,9H2,1-2H3,(H,17,18)/t11-/m1/s1. The fraction of sp³-hybridized carbons (Fsp3) is 0.438. The van der Waals surface area contributed by atoms with Crippen LogP contribution in [0.3, 0.4) is 0 Å². The second kappa shape index (κ2) is 6.03. The Balaban J connectivity index is 1.85. The van der Waals surface area contributed by atoms with Crippen LogP contribution in [0.15, 0.2) is 18.2 Å². The Bertz CT molecular complexity index is 659. The van der Waals surface area contributed by atoms with Crippen LogP contribution >= 0.6 is 11.3 Å². The molecular weight excluding hydrogens is 286 g/mol. The molecule has 1 fully saturated rings. The van der Waals surface area contributed by atoms with Gasteiger partial charge in [-0.15, -0.1) is 11.3 Å². The van der Waals surface area contributed by atoms with Crippen LogP contribution in [0.1, 0.15) is 28.1 Å². The third-order valence-corrected chi connectivity index (χ3v) is 5.12. The molecule has 0 saturated carbocycles. The molecule has 112 valence electrons. The molecule has 5 heteroatoms. The topological polar surface area (TPSA) is 47.6 Å². The molecule has 1 aliphatic heterocycles. The van der Waals surface area contributed by atoms with Crippen molar-refractivity contribution < 1.29 is 14.3 Å². The first-order chi connectivity index (χ1) is 10.2. The average molecular weight is 305 g/mol. The van der Waals surface area contributed by atoms with Crippen LogP contribution in [0.25, 0.3) is 10.1 Å². The van der Waals surface area contributed by atoms with E-state index in [-0.39, 0.29) is 11.9 Å². The van der Waals surface area contributed by atoms with Gasteiger partial charge in [-0.2, -0.15) is 0 Å². The molecule has 2 aromatic rings. The number of carbonyl (C=O) groups is 1. The van der Waals surface area contributed by atoms with Crippen LogP contribution in [0.4, 0.5) is 0 Å². The molecule has 21 heavy (non-hydrogen) atoms. The highest BCUT2D eigenvalue weighted by molar-refractivity contribution is 7.21. The molecule has 0 bridgehead atoms. The fourth-order valence-electron chi connectivity index (χ4n) is 2.65. The Hall–Kier alpha value is -1.59. The molecule has 1 aliphatic rings. The number of ether oxygens (including phenoxy) is 2. The third kappa shape index (κ3) is 2.89. The molecular formula is C16H19NO3S. The van der Waals surface area contributed by atoms with Gasteiger partial charge in [-0.1, -0.05) is 0 Å². The lowest BCUT2D eigenvalue weighted by Crippen LogP contribution is -2.40. The molecule has 1 aromatic carbocycles. The summed E-state index contributed by atoms with van der Waals surface area (Å²) in [4.78, 5) is 13.3. The Morgan fingerprint density at radius 2 is 2.33 bits per heavy atom. The lowest BCUT2D eigenvalue weighted by atomic mass is 10.1. The van der Waals surface area contributed by atoms with Gasteiger partial charge in [0.05, 0.1) is 24.6 Å². The van der Waals surface area contributed by atoms with Crippen LogP contribution in [-0.2, 0) is 4.74 Å². The Labute approximate surface area is 128 Å². The molecule has 4 nitrogen and oxygen atoms in total. The highest BCUT2D eigenvalue weighted by atomic mass is 32.1. The van der Waals surface area contributed by atoms with Gasteiger partial charge in [0.25, 0.3) is 5.91 Å².